The molecular formula is C11H23ClN2O3. The van der Waals surface area contributed by atoms with Gasteiger partial charge in [0.2, 0.25) is 5.91 Å². The summed E-state index contributed by atoms with van der Waals surface area (Å²) in [6.07, 6.45) is 2.27. The molecule has 1 heterocycles. The van der Waals surface area contributed by atoms with Crippen molar-refractivity contribution in [3.05, 3.63) is 0 Å². The van der Waals surface area contributed by atoms with E-state index in [0.29, 0.717) is 13.2 Å². The minimum atomic E-state index is -0.0398. The van der Waals surface area contributed by atoms with Crippen LogP contribution in [-0.4, -0.2) is 52.5 Å². The Kier molecular flexibility index (Phi) is 10.5. The number of nitrogens with one attached hydrogen (secondary N) is 2. The summed E-state index contributed by atoms with van der Waals surface area (Å²) >= 11 is 0. The molecule has 0 aromatic carbocycles. The van der Waals surface area contributed by atoms with Crippen molar-refractivity contribution < 1.29 is 14.3 Å². The van der Waals surface area contributed by atoms with Gasteiger partial charge in [-0.05, 0) is 31.8 Å². The first-order valence-electron chi connectivity index (χ1n) is 5.87. The van der Waals surface area contributed by atoms with Gasteiger partial charge in [0.25, 0.3) is 0 Å². The molecule has 0 spiro atoms. The Morgan fingerprint density at radius 2 is 2.29 bits per heavy atom. The lowest BCUT2D eigenvalue weighted by Gasteiger charge is -2.09. The lowest BCUT2D eigenvalue weighted by atomic mass is 10.1. The van der Waals surface area contributed by atoms with Crippen LogP contribution in [0.2, 0.25) is 0 Å². The molecule has 6 heteroatoms. The standard InChI is InChI=1S/C11H22N2O3.ClH/c1-15-6-7-16-9-11(14)13-5-3-10-2-4-12-8-10;/h10,12H,2-9H2,1H3,(H,13,14);1H. The number of hydrogen-bond acceptors (Lipinski definition) is 4. The average molecular weight is 267 g/mol. The fraction of sp³-hybridized carbons (Fsp3) is 0.909. The summed E-state index contributed by atoms with van der Waals surface area (Å²) in [6.45, 7) is 4.07. The molecule has 1 aliphatic heterocycles. The summed E-state index contributed by atoms with van der Waals surface area (Å²) in [5, 5.41) is 6.16. The molecule has 0 aliphatic carbocycles. The van der Waals surface area contributed by atoms with Crippen molar-refractivity contribution in [1.82, 2.24) is 10.6 Å². The Balaban J connectivity index is 0.00000256. The van der Waals surface area contributed by atoms with E-state index < -0.39 is 0 Å². The van der Waals surface area contributed by atoms with Crippen LogP contribution in [-0.2, 0) is 14.3 Å². The van der Waals surface area contributed by atoms with E-state index in [-0.39, 0.29) is 24.9 Å². The molecule has 1 saturated heterocycles. The fourth-order valence-corrected chi connectivity index (χ4v) is 1.73. The Hall–Kier alpha value is -0.360. The van der Waals surface area contributed by atoms with Gasteiger partial charge < -0.3 is 20.1 Å². The van der Waals surface area contributed by atoms with Crippen LogP contribution < -0.4 is 10.6 Å². The van der Waals surface area contributed by atoms with Gasteiger partial charge in [0.1, 0.15) is 6.61 Å². The molecule has 1 amide bonds. The zero-order valence-corrected chi connectivity index (χ0v) is 11.2. The van der Waals surface area contributed by atoms with Crippen LogP contribution in [0.4, 0.5) is 0 Å². The van der Waals surface area contributed by atoms with E-state index in [0.717, 1.165) is 32.0 Å². The fourth-order valence-electron chi connectivity index (χ4n) is 1.73. The van der Waals surface area contributed by atoms with Crippen molar-refractivity contribution in [2.24, 2.45) is 5.92 Å². The first-order chi connectivity index (χ1) is 7.83. The minimum Gasteiger partial charge on any atom is -0.382 e. The van der Waals surface area contributed by atoms with Crippen LogP contribution in [0.25, 0.3) is 0 Å². The molecule has 5 nitrogen and oxygen atoms in total. The Bertz CT molecular complexity index is 199. The second-order valence-electron chi connectivity index (χ2n) is 4.04. The highest BCUT2D eigenvalue weighted by molar-refractivity contribution is 5.85. The van der Waals surface area contributed by atoms with Crippen molar-refractivity contribution in [1.29, 1.82) is 0 Å². The summed E-state index contributed by atoms with van der Waals surface area (Å²) in [5.74, 6) is 0.678. The second-order valence-corrected chi connectivity index (χ2v) is 4.04. The lowest BCUT2D eigenvalue weighted by Crippen LogP contribution is -2.30. The van der Waals surface area contributed by atoms with Crippen molar-refractivity contribution in [3.63, 3.8) is 0 Å². The number of amides is 1. The van der Waals surface area contributed by atoms with E-state index >= 15 is 0 Å². The summed E-state index contributed by atoms with van der Waals surface area (Å²) < 4.78 is 9.92. The van der Waals surface area contributed by atoms with Crippen molar-refractivity contribution in [2.45, 2.75) is 12.8 Å². The van der Waals surface area contributed by atoms with Gasteiger partial charge in [0.15, 0.2) is 0 Å². The Morgan fingerprint density at radius 3 is 2.94 bits per heavy atom. The summed E-state index contributed by atoms with van der Waals surface area (Å²) in [7, 11) is 1.61. The number of rotatable bonds is 8. The van der Waals surface area contributed by atoms with Gasteiger partial charge in [-0.15, -0.1) is 12.4 Å². The number of ether oxygens (including phenoxy) is 2. The molecule has 2 N–H and O–H groups in total. The molecule has 0 bridgehead atoms. The molecule has 1 aliphatic rings. The van der Waals surface area contributed by atoms with E-state index in [1.54, 1.807) is 7.11 Å². The van der Waals surface area contributed by atoms with E-state index in [1.165, 1.54) is 6.42 Å². The molecule has 1 atom stereocenters. The lowest BCUT2D eigenvalue weighted by molar-refractivity contribution is -0.126. The number of carbonyl (C=O) groups excluding carboxylic acids is 1. The van der Waals surface area contributed by atoms with Gasteiger partial charge in [-0.1, -0.05) is 0 Å². The number of carbonyl (C=O) groups is 1. The van der Waals surface area contributed by atoms with Crippen LogP contribution in [0, 0.1) is 5.92 Å². The zero-order chi connectivity index (χ0) is 11.6. The second kappa shape index (κ2) is 10.8. The largest absolute Gasteiger partial charge is 0.382 e. The van der Waals surface area contributed by atoms with Crippen molar-refractivity contribution in [2.75, 3.05) is 46.6 Å². The van der Waals surface area contributed by atoms with Crippen LogP contribution >= 0.6 is 12.4 Å². The first kappa shape index (κ1) is 16.6. The third kappa shape index (κ3) is 8.37. The quantitative estimate of drug-likeness (QED) is 0.616. The van der Waals surface area contributed by atoms with Crippen molar-refractivity contribution in [3.8, 4) is 0 Å². The zero-order valence-electron chi connectivity index (χ0n) is 10.4. The number of methoxy groups -OCH3 is 1. The average Bonchev–Trinajstić information content (AvgIpc) is 2.77. The summed E-state index contributed by atoms with van der Waals surface area (Å²) in [4.78, 5) is 11.3. The molecule has 1 rings (SSSR count). The third-order valence-electron chi connectivity index (χ3n) is 2.70. The van der Waals surface area contributed by atoms with Gasteiger partial charge in [-0.25, -0.2) is 0 Å². The number of hydrogen-bond donors (Lipinski definition) is 2. The maximum absolute atomic E-state index is 11.3. The van der Waals surface area contributed by atoms with Gasteiger partial charge in [-0.3, -0.25) is 4.79 Å². The van der Waals surface area contributed by atoms with E-state index in [4.69, 9.17) is 9.47 Å². The van der Waals surface area contributed by atoms with E-state index in [9.17, 15) is 4.79 Å². The van der Waals surface area contributed by atoms with Crippen LogP contribution in [0.3, 0.4) is 0 Å². The Labute approximate surface area is 109 Å². The predicted octanol–water partition coefficient (Wildman–Crippen LogP) is 0.187. The summed E-state index contributed by atoms with van der Waals surface area (Å²) in [6, 6.07) is 0. The van der Waals surface area contributed by atoms with Gasteiger partial charge in [-0.2, -0.15) is 0 Å². The summed E-state index contributed by atoms with van der Waals surface area (Å²) in [5.41, 5.74) is 0. The van der Waals surface area contributed by atoms with E-state index in [2.05, 4.69) is 10.6 Å². The molecule has 0 radical (unpaired) electrons. The highest BCUT2D eigenvalue weighted by atomic mass is 35.5. The third-order valence-corrected chi connectivity index (χ3v) is 2.70. The van der Waals surface area contributed by atoms with E-state index in [1.807, 2.05) is 0 Å². The minimum absolute atomic E-state index is 0. The van der Waals surface area contributed by atoms with Gasteiger partial charge in [0.05, 0.1) is 13.2 Å². The van der Waals surface area contributed by atoms with Crippen LogP contribution in [0.15, 0.2) is 0 Å². The monoisotopic (exact) mass is 266 g/mol. The molecule has 0 aromatic rings. The smallest absolute Gasteiger partial charge is 0.245 e. The predicted molar refractivity (Wildman–Crippen MR) is 68.5 cm³/mol. The molecule has 0 saturated carbocycles. The molecular weight excluding hydrogens is 244 g/mol. The maximum atomic E-state index is 11.3. The SMILES string of the molecule is COCCOCC(=O)NCCC1CCNC1.Cl. The molecule has 0 aromatic heterocycles. The maximum Gasteiger partial charge on any atom is 0.245 e. The van der Waals surface area contributed by atoms with Gasteiger partial charge in [0, 0.05) is 13.7 Å². The normalized spacial score (nSPS) is 18.8. The highest BCUT2D eigenvalue weighted by Gasteiger charge is 2.13. The van der Waals surface area contributed by atoms with Crippen LogP contribution in [0.5, 0.6) is 0 Å². The van der Waals surface area contributed by atoms with Gasteiger partial charge >= 0.3 is 0 Å². The number of halogens is 1. The molecule has 102 valence electrons. The van der Waals surface area contributed by atoms with Crippen molar-refractivity contribution >= 4 is 18.3 Å². The molecule has 17 heavy (non-hydrogen) atoms. The molecule has 1 fully saturated rings. The Morgan fingerprint density at radius 1 is 1.47 bits per heavy atom. The van der Waals surface area contributed by atoms with Crippen LogP contribution in [0.1, 0.15) is 12.8 Å². The first-order valence-corrected chi connectivity index (χ1v) is 5.87. The highest BCUT2D eigenvalue weighted by Crippen LogP contribution is 2.10. The topological polar surface area (TPSA) is 59.6 Å². The molecule has 1 unspecified atom stereocenters.